The Hall–Kier alpha value is -2.49. The van der Waals surface area contributed by atoms with Crippen molar-refractivity contribution >= 4 is 22.4 Å². The predicted molar refractivity (Wildman–Crippen MR) is 114 cm³/mol. The van der Waals surface area contributed by atoms with E-state index in [0.29, 0.717) is 0 Å². The molecule has 0 amide bonds. The maximum atomic E-state index is 4.98. The van der Waals surface area contributed by atoms with Gasteiger partial charge in [0.25, 0.3) is 0 Å². The molecule has 27 heavy (non-hydrogen) atoms. The highest BCUT2D eigenvalue weighted by molar-refractivity contribution is 5.87. The van der Waals surface area contributed by atoms with E-state index in [1.165, 1.54) is 10.9 Å². The molecule has 2 heterocycles. The smallest absolute Gasteiger partial charge is 0.151 e. The molecule has 0 unspecified atom stereocenters. The molecule has 0 saturated carbocycles. The molecule has 1 aromatic carbocycles. The quantitative estimate of drug-likeness (QED) is 0.609. The van der Waals surface area contributed by atoms with E-state index in [4.69, 9.17) is 4.98 Å². The van der Waals surface area contributed by atoms with Crippen LogP contribution in [0.5, 0.6) is 0 Å². The molecule has 4 heteroatoms. The van der Waals surface area contributed by atoms with Crippen molar-refractivity contribution in [3.8, 4) is 0 Å². The van der Waals surface area contributed by atoms with Gasteiger partial charge in [0.15, 0.2) is 5.82 Å². The maximum absolute atomic E-state index is 4.98. The van der Waals surface area contributed by atoms with Gasteiger partial charge in [-0.05, 0) is 43.0 Å². The van der Waals surface area contributed by atoms with Gasteiger partial charge < -0.3 is 5.32 Å². The van der Waals surface area contributed by atoms with Gasteiger partial charge in [-0.2, -0.15) is 0 Å². The molecule has 3 aromatic rings. The van der Waals surface area contributed by atoms with Crippen LogP contribution in [0.3, 0.4) is 0 Å². The van der Waals surface area contributed by atoms with Crippen molar-refractivity contribution in [2.24, 2.45) is 0 Å². The summed E-state index contributed by atoms with van der Waals surface area (Å²) in [5, 5.41) is 4.60. The Morgan fingerprint density at radius 3 is 2.15 bits per heavy atom. The number of fused-ring (bicyclic) bond motifs is 1. The fraction of sp³-hybridized carbons (Fsp3) is 0.435. The highest BCUT2D eigenvalue weighted by Crippen LogP contribution is 2.34. The number of hydrogen-bond donors (Lipinski definition) is 1. The van der Waals surface area contributed by atoms with Crippen LogP contribution in [-0.4, -0.2) is 15.0 Å². The van der Waals surface area contributed by atoms with Crippen LogP contribution in [-0.2, 0) is 10.8 Å². The number of benzene rings is 1. The molecule has 3 rings (SSSR count). The monoisotopic (exact) mass is 362 g/mol. The molecule has 0 bridgehead atoms. The van der Waals surface area contributed by atoms with Crippen molar-refractivity contribution in [3.63, 3.8) is 0 Å². The zero-order chi connectivity index (χ0) is 20.0. The van der Waals surface area contributed by atoms with Crippen LogP contribution in [0.25, 0.3) is 10.9 Å². The Morgan fingerprint density at radius 2 is 1.56 bits per heavy atom. The highest BCUT2D eigenvalue weighted by Gasteiger charge is 2.23. The molecule has 0 spiro atoms. The lowest BCUT2D eigenvalue weighted by Gasteiger charge is -2.26. The molecule has 0 aliphatic rings. The summed E-state index contributed by atoms with van der Waals surface area (Å²) in [6.45, 7) is 17.3. The Balaban J connectivity index is 2.13. The van der Waals surface area contributed by atoms with E-state index in [1.54, 1.807) is 6.20 Å². The van der Waals surface area contributed by atoms with E-state index < -0.39 is 0 Å². The predicted octanol–water partition coefficient (Wildman–Crippen LogP) is 5.98. The Morgan fingerprint density at radius 1 is 0.852 bits per heavy atom. The SMILES string of the molecule is Cc1cnc(Nc2ccc3c(C(C)(C)C)cc(C(C)(C)C)nc3c2)c(C)n1. The van der Waals surface area contributed by atoms with Gasteiger partial charge in [-0.25, -0.2) is 4.98 Å². The van der Waals surface area contributed by atoms with Crippen molar-refractivity contribution in [1.82, 2.24) is 15.0 Å². The summed E-state index contributed by atoms with van der Waals surface area (Å²) in [6.07, 6.45) is 1.78. The van der Waals surface area contributed by atoms with Crippen molar-refractivity contribution in [2.45, 2.75) is 66.2 Å². The molecule has 2 aromatic heterocycles. The Bertz CT molecular complexity index is 992. The summed E-state index contributed by atoms with van der Waals surface area (Å²) >= 11 is 0. The lowest BCUT2D eigenvalue weighted by atomic mass is 9.81. The molecule has 4 nitrogen and oxygen atoms in total. The zero-order valence-electron chi connectivity index (χ0n) is 17.7. The fourth-order valence-corrected chi connectivity index (χ4v) is 3.17. The first-order valence-electron chi connectivity index (χ1n) is 9.48. The second kappa shape index (κ2) is 6.59. The molecule has 0 radical (unpaired) electrons. The first-order valence-corrected chi connectivity index (χ1v) is 9.48. The number of pyridine rings is 1. The van der Waals surface area contributed by atoms with E-state index in [1.807, 2.05) is 13.8 Å². The van der Waals surface area contributed by atoms with Crippen molar-refractivity contribution in [3.05, 3.63) is 53.1 Å². The van der Waals surface area contributed by atoms with Crippen LogP contribution in [0, 0.1) is 13.8 Å². The van der Waals surface area contributed by atoms with E-state index in [-0.39, 0.29) is 10.8 Å². The van der Waals surface area contributed by atoms with Gasteiger partial charge in [-0.3, -0.25) is 9.97 Å². The summed E-state index contributed by atoms with van der Waals surface area (Å²) in [5.74, 6) is 0.781. The van der Waals surface area contributed by atoms with Crippen molar-refractivity contribution in [1.29, 1.82) is 0 Å². The molecule has 0 aliphatic carbocycles. The Kier molecular flexibility index (Phi) is 4.71. The first kappa shape index (κ1) is 19.3. The number of rotatable bonds is 2. The lowest BCUT2D eigenvalue weighted by molar-refractivity contribution is 0.558. The number of nitrogens with one attached hydrogen (secondary N) is 1. The second-order valence-electron chi connectivity index (χ2n) is 9.36. The van der Waals surface area contributed by atoms with Crippen LogP contribution in [0.1, 0.15) is 64.2 Å². The second-order valence-corrected chi connectivity index (χ2v) is 9.36. The van der Waals surface area contributed by atoms with Crippen LogP contribution in [0.4, 0.5) is 11.5 Å². The van der Waals surface area contributed by atoms with Crippen molar-refractivity contribution < 1.29 is 0 Å². The Labute approximate surface area is 162 Å². The van der Waals surface area contributed by atoms with Gasteiger partial charge in [0.1, 0.15) is 0 Å². The van der Waals surface area contributed by atoms with Gasteiger partial charge in [-0.15, -0.1) is 0 Å². The molecule has 0 fully saturated rings. The van der Waals surface area contributed by atoms with Gasteiger partial charge in [0, 0.05) is 22.2 Å². The van der Waals surface area contributed by atoms with E-state index in [9.17, 15) is 0 Å². The number of hydrogen-bond acceptors (Lipinski definition) is 4. The maximum Gasteiger partial charge on any atom is 0.151 e. The van der Waals surface area contributed by atoms with Gasteiger partial charge in [-0.1, -0.05) is 47.6 Å². The minimum absolute atomic E-state index is 0.00333. The van der Waals surface area contributed by atoms with Gasteiger partial charge in [0.2, 0.25) is 0 Å². The number of nitrogens with zero attached hydrogens (tertiary/aromatic N) is 3. The van der Waals surface area contributed by atoms with Crippen LogP contribution in [0.15, 0.2) is 30.5 Å². The highest BCUT2D eigenvalue weighted by atomic mass is 15.0. The third kappa shape index (κ3) is 4.10. The summed E-state index contributed by atoms with van der Waals surface area (Å²) in [6, 6.07) is 8.64. The van der Waals surface area contributed by atoms with Gasteiger partial charge in [0.05, 0.1) is 23.1 Å². The van der Waals surface area contributed by atoms with Crippen LogP contribution in [0.2, 0.25) is 0 Å². The van der Waals surface area contributed by atoms with E-state index in [2.05, 4.69) is 81.1 Å². The standard InChI is InChI=1S/C23H30N4/c1-14-13-24-21(15(2)25-14)26-16-9-10-17-18(22(3,4)5)12-20(23(6,7)8)27-19(17)11-16/h9-13H,1-8H3,(H,24,26). The molecule has 0 saturated heterocycles. The molecule has 0 atom stereocenters. The van der Waals surface area contributed by atoms with Gasteiger partial charge >= 0.3 is 0 Å². The molecular weight excluding hydrogens is 332 g/mol. The number of anilines is 2. The lowest BCUT2D eigenvalue weighted by Crippen LogP contribution is -2.18. The average Bonchev–Trinajstić information content (AvgIpc) is 2.54. The van der Waals surface area contributed by atoms with E-state index >= 15 is 0 Å². The summed E-state index contributed by atoms with van der Waals surface area (Å²) in [7, 11) is 0. The first-order chi connectivity index (χ1) is 12.4. The summed E-state index contributed by atoms with van der Waals surface area (Å²) in [4.78, 5) is 13.9. The third-order valence-corrected chi connectivity index (χ3v) is 4.72. The molecular formula is C23H30N4. The zero-order valence-corrected chi connectivity index (χ0v) is 17.7. The number of aryl methyl sites for hydroxylation is 2. The summed E-state index contributed by atoms with van der Waals surface area (Å²) in [5.41, 5.74) is 6.28. The topological polar surface area (TPSA) is 50.7 Å². The minimum Gasteiger partial charge on any atom is -0.339 e. The third-order valence-electron chi connectivity index (χ3n) is 4.72. The van der Waals surface area contributed by atoms with Crippen LogP contribution >= 0.6 is 0 Å². The normalized spacial score (nSPS) is 12.4. The largest absolute Gasteiger partial charge is 0.339 e. The molecule has 142 valence electrons. The average molecular weight is 363 g/mol. The van der Waals surface area contributed by atoms with E-state index in [0.717, 1.165) is 34.1 Å². The van der Waals surface area contributed by atoms with Crippen LogP contribution < -0.4 is 5.32 Å². The molecule has 1 N–H and O–H groups in total. The summed E-state index contributed by atoms with van der Waals surface area (Å²) < 4.78 is 0. The fourth-order valence-electron chi connectivity index (χ4n) is 3.17. The van der Waals surface area contributed by atoms with Crippen molar-refractivity contribution in [2.75, 3.05) is 5.32 Å². The minimum atomic E-state index is -0.00333. The molecule has 0 aliphatic heterocycles. The number of aromatic nitrogens is 3.